The normalized spacial score (nSPS) is 16.8. The molecule has 3 rings (SSSR count). The zero-order valence-corrected chi connectivity index (χ0v) is 24.1. The average molecular weight is 575 g/mol. The third-order valence-corrected chi connectivity index (χ3v) is 6.24. The van der Waals surface area contributed by atoms with Crippen molar-refractivity contribution in [3.05, 3.63) is 53.1 Å². The van der Waals surface area contributed by atoms with Gasteiger partial charge in [0.1, 0.15) is 24.6 Å². The number of nitrogens with zero attached hydrogens (tertiary/aromatic N) is 4. The molecule has 41 heavy (non-hydrogen) atoms. The number of nitrogen functional groups attached to an aromatic ring is 1. The molecule has 2 aromatic rings. The first-order chi connectivity index (χ1) is 19.9. The molecule has 1 aliphatic heterocycles. The summed E-state index contributed by atoms with van der Waals surface area (Å²) >= 11 is 0. The summed E-state index contributed by atoms with van der Waals surface area (Å²) in [5.74, 6) is -1.02. The zero-order chi connectivity index (χ0) is 29.5. The standard InChI is InChI=1S/C29H43N5O7/c1-3-8-33(20-23-6-5-7-25(31-23)28(35)36)9-14-39-16-17-40-15-11-34(10-13-38-12-4-2)21-24-18-22(30)19-26(32-24)27-29(37)41-27/h5-7,10,18-19,27,29,37H,3-4,8-9,11-17,20-21H2,1-2H3,(H2-,30,32,35,36)/p+1. The van der Waals surface area contributed by atoms with Crippen LogP contribution in [0.5, 0.6) is 0 Å². The van der Waals surface area contributed by atoms with E-state index in [-0.39, 0.29) is 5.69 Å². The van der Waals surface area contributed by atoms with Crippen molar-refractivity contribution in [2.45, 2.75) is 52.2 Å². The molecule has 0 spiro atoms. The summed E-state index contributed by atoms with van der Waals surface area (Å²) in [7, 11) is 0. The second-order valence-corrected chi connectivity index (χ2v) is 9.81. The van der Waals surface area contributed by atoms with E-state index in [1.54, 1.807) is 12.1 Å². The highest BCUT2D eigenvalue weighted by Crippen LogP contribution is 2.36. The molecule has 0 aromatic carbocycles. The molecule has 3 heterocycles. The number of aromatic carboxylic acids is 1. The Balaban J connectivity index is 1.39. The zero-order valence-electron chi connectivity index (χ0n) is 24.1. The van der Waals surface area contributed by atoms with Crippen LogP contribution in [0, 0.1) is 0 Å². The van der Waals surface area contributed by atoms with E-state index in [0.717, 1.165) is 30.8 Å². The summed E-state index contributed by atoms with van der Waals surface area (Å²) in [6.07, 6.45) is 2.68. The molecule has 4 N–H and O–H groups in total. The van der Waals surface area contributed by atoms with E-state index in [1.165, 1.54) is 6.07 Å². The quantitative estimate of drug-likeness (QED) is 0.0868. The molecule has 1 saturated heterocycles. The van der Waals surface area contributed by atoms with Crippen LogP contribution in [0.2, 0.25) is 0 Å². The van der Waals surface area contributed by atoms with Gasteiger partial charge in [0.05, 0.1) is 31.2 Å². The van der Waals surface area contributed by atoms with Crippen molar-refractivity contribution in [3.63, 3.8) is 0 Å². The van der Waals surface area contributed by atoms with Crippen LogP contribution in [-0.2, 0) is 32.0 Å². The maximum Gasteiger partial charge on any atom is 0.354 e. The fourth-order valence-corrected chi connectivity index (χ4v) is 4.21. The number of carboxylic acid groups (broad SMARTS) is 1. The Morgan fingerprint density at radius 1 is 1.05 bits per heavy atom. The lowest BCUT2D eigenvalue weighted by Gasteiger charge is -2.21. The molecule has 2 aromatic heterocycles. The number of rotatable bonds is 21. The molecule has 12 nitrogen and oxygen atoms in total. The molecular weight excluding hydrogens is 530 g/mol. The lowest BCUT2D eigenvalue weighted by atomic mass is 10.2. The van der Waals surface area contributed by atoms with Gasteiger partial charge in [-0.1, -0.05) is 19.9 Å². The average Bonchev–Trinajstić information content (AvgIpc) is 3.68. The van der Waals surface area contributed by atoms with E-state index in [1.807, 2.05) is 18.3 Å². The number of aliphatic hydroxyl groups excluding tert-OH is 1. The second-order valence-electron chi connectivity index (χ2n) is 9.81. The molecular formula is C29H44N5O7+. The Kier molecular flexibility index (Phi) is 14.1. The summed E-state index contributed by atoms with van der Waals surface area (Å²) in [6.45, 7) is 10.6. The summed E-state index contributed by atoms with van der Waals surface area (Å²) in [5, 5.41) is 18.8. The minimum atomic E-state index is -1.02. The number of ether oxygens (including phenoxy) is 4. The molecule has 0 amide bonds. The van der Waals surface area contributed by atoms with E-state index < -0.39 is 18.4 Å². The number of pyridine rings is 2. The van der Waals surface area contributed by atoms with Crippen LogP contribution in [0.15, 0.2) is 30.3 Å². The van der Waals surface area contributed by atoms with Crippen molar-refractivity contribution in [1.82, 2.24) is 14.9 Å². The Bertz CT molecular complexity index is 1120. The third-order valence-electron chi connectivity index (χ3n) is 6.24. The SMILES string of the molecule is CCCOCC=[N+](CCOCCOCCN(CCC)Cc1cccc(C(=O)O)n1)Cc1cc(N)cc(C2OC2O)n1. The third kappa shape index (κ3) is 12.2. The maximum absolute atomic E-state index is 11.2. The monoisotopic (exact) mass is 574 g/mol. The first-order valence-corrected chi connectivity index (χ1v) is 14.2. The van der Waals surface area contributed by atoms with Crippen LogP contribution in [0.1, 0.15) is 60.4 Å². The summed E-state index contributed by atoms with van der Waals surface area (Å²) in [5.41, 5.74) is 8.82. The van der Waals surface area contributed by atoms with E-state index in [4.69, 9.17) is 24.7 Å². The van der Waals surface area contributed by atoms with Crippen LogP contribution in [0.4, 0.5) is 5.69 Å². The van der Waals surface area contributed by atoms with E-state index in [2.05, 4.69) is 33.3 Å². The maximum atomic E-state index is 11.2. The van der Waals surface area contributed by atoms with Crippen molar-refractivity contribution >= 4 is 17.9 Å². The van der Waals surface area contributed by atoms with Gasteiger partial charge in [-0.25, -0.2) is 19.3 Å². The number of carbonyl (C=O) groups is 1. The summed E-state index contributed by atoms with van der Waals surface area (Å²) < 4.78 is 24.5. The van der Waals surface area contributed by atoms with Crippen molar-refractivity contribution in [1.29, 1.82) is 0 Å². The molecule has 226 valence electrons. The molecule has 0 bridgehead atoms. The molecule has 0 saturated carbocycles. The number of carboxylic acids is 1. The van der Waals surface area contributed by atoms with Crippen molar-refractivity contribution in [2.24, 2.45) is 0 Å². The van der Waals surface area contributed by atoms with Crippen LogP contribution < -0.4 is 5.73 Å². The van der Waals surface area contributed by atoms with Gasteiger partial charge in [-0.15, -0.1) is 0 Å². The first kappa shape index (κ1) is 32.5. The Labute approximate surface area is 241 Å². The lowest BCUT2D eigenvalue weighted by molar-refractivity contribution is -0.544. The molecule has 1 aliphatic rings. The molecule has 2 unspecified atom stereocenters. The molecule has 1 fully saturated rings. The molecule has 0 radical (unpaired) electrons. The molecule has 2 atom stereocenters. The van der Waals surface area contributed by atoms with Crippen LogP contribution in [0.25, 0.3) is 0 Å². The smallest absolute Gasteiger partial charge is 0.354 e. The van der Waals surface area contributed by atoms with Gasteiger partial charge in [0.15, 0.2) is 31.7 Å². The van der Waals surface area contributed by atoms with Gasteiger partial charge in [-0.05, 0) is 43.7 Å². The number of aliphatic hydroxyl groups is 1. The first-order valence-electron chi connectivity index (χ1n) is 14.2. The van der Waals surface area contributed by atoms with Gasteiger partial charge in [-0.2, -0.15) is 0 Å². The largest absolute Gasteiger partial charge is 0.477 e. The predicted molar refractivity (Wildman–Crippen MR) is 153 cm³/mol. The summed E-state index contributed by atoms with van der Waals surface area (Å²) in [6, 6.07) is 8.60. The number of nitrogens with two attached hydrogens (primary N) is 1. The minimum absolute atomic E-state index is 0.0543. The highest BCUT2D eigenvalue weighted by Gasteiger charge is 2.40. The van der Waals surface area contributed by atoms with Crippen LogP contribution in [-0.4, -0.2) is 107 Å². The van der Waals surface area contributed by atoms with E-state index in [9.17, 15) is 15.0 Å². The highest BCUT2D eigenvalue weighted by atomic mass is 16.7. The van der Waals surface area contributed by atoms with Gasteiger partial charge < -0.3 is 34.9 Å². The van der Waals surface area contributed by atoms with Gasteiger partial charge in [0.25, 0.3) is 0 Å². The van der Waals surface area contributed by atoms with Gasteiger partial charge in [-0.3, -0.25) is 4.90 Å². The van der Waals surface area contributed by atoms with Gasteiger partial charge in [0.2, 0.25) is 0 Å². The number of anilines is 1. The highest BCUT2D eigenvalue weighted by molar-refractivity contribution is 5.85. The van der Waals surface area contributed by atoms with Crippen LogP contribution >= 0.6 is 0 Å². The van der Waals surface area contributed by atoms with E-state index >= 15 is 0 Å². The number of aromatic nitrogens is 2. The second kappa shape index (κ2) is 17.7. The minimum Gasteiger partial charge on any atom is -0.477 e. The predicted octanol–water partition coefficient (Wildman–Crippen LogP) is 2.10. The lowest BCUT2D eigenvalue weighted by Crippen LogP contribution is -2.29. The number of hydrogen-bond donors (Lipinski definition) is 3. The Morgan fingerprint density at radius 3 is 2.54 bits per heavy atom. The Morgan fingerprint density at radius 2 is 1.83 bits per heavy atom. The topological polar surface area (TPSA) is 156 Å². The van der Waals surface area contributed by atoms with Crippen molar-refractivity contribution in [3.8, 4) is 0 Å². The molecule has 0 aliphatic carbocycles. The van der Waals surface area contributed by atoms with Crippen molar-refractivity contribution < 1.29 is 38.5 Å². The fraction of sp³-hybridized carbons (Fsp3) is 0.586. The van der Waals surface area contributed by atoms with Crippen LogP contribution in [0.3, 0.4) is 0 Å². The molecule has 12 heteroatoms. The van der Waals surface area contributed by atoms with E-state index in [0.29, 0.717) is 77.2 Å². The number of epoxide rings is 1. The Hall–Kier alpha value is -3.00. The van der Waals surface area contributed by atoms with Gasteiger partial charge >= 0.3 is 5.97 Å². The van der Waals surface area contributed by atoms with Crippen molar-refractivity contribution in [2.75, 3.05) is 65.0 Å². The van der Waals surface area contributed by atoms with Gasteiger partial charge in [0, 0.05) is 25.4 Å². The number of hydrogen-bond acceptors (Lipinski definition) is 10. The summed E-state index contributed by atoms with van der Waals surface area (Å²) in [4.78, 5) is 22.2. The fourth-order valence-electron chi connectivity index (χ4n) is 4.21.